The largest absolute Gasteiger partial charge is 0.352 e. The van der Waals surface area contributed by atoms with Gasteiger partial charge in [0, 0.05) is 22.1 Å². The van der Waals surface area contributed by atoms with Crippen molar-refractivity contribution in [3.63, 3.8) is 0 Å². The highest BCUT2D eigenvalue weighted by molar-refractivity contribution is 7.98. The zero-order chi connectivity index (χ0) is 14.9. The third-order valence-corrected chi connectivity index (χ3v) is 5.15. The number of benzene rings is 1. The van der Waals surface area contributed by atoms with Crippen LogP contribution in [0.3, 0.4) is 0 Å². The van der Waals surface area contributed by atoms with E-state index < -0.39 is 0 Å². The van der Waals surface area contributed by atoms with Crippen LogP contribution in [0, 0.1) is 0 Å². The van der Waals surface area contributed by atoms with Gasteiger partial charge in [0.1, 0.15) is 0 Å². The van der Waals surface area contributed by atoms with Crippen LogP contribution in [0.1, 0.15) is 21.7 Å². The van der Waals surface area contributed by atoms with E-state index in [2.05, 4.69) is 28.1 Å². The molecule has 0 aliphatic rings. The molecule has 0 fully saturated rings. The summed E-state index contributed by atoms with van der Waals surface area (Å²) in [6.07, 6.45) is 0.937. The predicted octanol–water partition coefficient (Wildman–Crippen LogP) is 3.38. The number of carbonyl (C=O) groups is 1. The molecule has 0 aliphatic carbocycles. The lowest BCUT2D eigenvalue weighted by Crippen LogP contribution is -2.27. The van der Waals surface area contributed by atoms with Crippen LogP contribution in [-0.2, 0) is 5.75 Å². The monoisotopic (exact) mass is 320 g/mol. The SMILES string of the molecule is CNCCCNC(=O)c1ccccc1SCc1cccs1. The molecule has 21 heavy (non-hydrogen) atoms. The van der Waals surface area contributed by atoms with Crippen molar-refractivity contribution in [1.82, 2.24) is 10.6 Å². The molecule has 112 valence electrons. The average Bonchev–Trinajstić information content (AvgIpc) is 3.03. The Morgan fingerprint density at radius 3 is 2.81 bits per heavy atom. The normalized spacial score (nSPS) is 10.5. The smallest absolute Gasteiger partial charge is 0.252 e. The van der Waals surface area contributed by atoms with E-state index in [1.54, 1.807) is 23.1 Å². The molecule has 0 atom stereocenters. The van der Waals surface area contributed by atoms with Crippen LogP contribution in [0.15, 0.2) is 46.7 Å². The molecule has 2 aromatic rings. The van der Waals surface area contributed by atoms with Crippen molar-refractivity contribution in [3.8, 4) is 0 Å². The molecule has 2 N–H and O–H groups in total. The number of nitrogens with one attached hydrogen (secondary N) is 2. The Balaban J connectivity index is 1.94. The van der Waals surface area contributed by atoms with Crippen molar-refractivity contribution >= 4 is 29.0 Å². The van der Waals surface area contributed by atoms with E-state index >= 15 is 0 Å². The molecule has 0 saturated carbocycles. The number of hydrogen-bond donors (Lipinski definition) is 2. The molecule has 0 radical (unpaired) electrons. The van der Waals surface area contributed by atoms with Crippen LogP contribution in [0.25, 0.3) is 0 Å². The molecule has 1 heterocycles. The van der Waals surface area contributed by atoms with E-state index in [9.17, 15) is 4.79 Å². The highest BCUT2D eigenvalue weighted by atomic mass is 32.2. The Morgan fingerprint density at radius 1 is 1.19 bits per heavy atom. The van der Waals surface area contributed by atoms with Crippen molar-refractivity contribution in [2.75, 3.05) is 20.1 Å². The summed E-state index contributed by atoms with van der Waals surface area (Å²) < 4.78 is 0. The third kappa shape index (κ3) is 5.19. The molecule has 1 amide bonds. The van der Waals surface area contributed by atoms with Gasteiger partial charge in [-0.2, -0.15) is 0 Å². The Labute approximate surface area is 134 Å². The average molecular weight is 320 g/mol. The van der Waals surface area contributed by atoms with Crippen LogP contribution in [-0.4, -0.2) is 26.0 Å². The lowest BCUT2D eigenvalue weighted by atomic mass is 10.2. The fourth-order valence-corrected chi connectivity index (χ4v) is 3.71. The zero-order valence-electron chi connectivity index (χ0n) is 12.1. The summed E-state index contributed by atoms with van der Waals surface area (Å²) >= 11 is 3.46. The van der Waals surface area contributed by atoms with Gasteiger partial charge in [0.15, 0.2) is 0 Å². The van der Waals surface area contributed by atoms with Gasteiger partial charge in [-0.05, 0) is 43.6 Å². The summed E-state index contributed by atoms with van der Waals surface area (Å²) in [7, 11) is 1.92. The van der Waals surface area contributed by atoms with E-state index in [1.165, 1.54) is 4.88 Å². The maximum atomic E-state index is 12.2. The molecular formula is C16H20N2OS2. The minimum absolute atomic E-state index is 0.0142. The van der Waals surface area contributed by atoms with Gasteiger partial charge in [-0.1, -0.05) is 18.2 Å². The number of rotatable bonds is 8. The maximum absolute atomic E-state index is 12.2. The van der Waals surface area contributed by atoms with E-state index in [4.69, 9.17) is 0 Å². The van der Waals surface area contributed by atoms with Crippen LogP contribution in [0.5, 0.6) is 0 Å². The first-order valence-corrected chi connectivity index (χ1v) is 8.85. The molecule has 0 bridgehead atoms. The maximum Gasteiger partial charge on any atom is 0.252 e. The highest BCUT2D eigenvalue weighted by Crippen LogP contribution is 2.27. The first kappa shape index (κ1) is 16.1. The summed E-state index contributed by atoms with van der Waals surface area (Å²) in [4.78, 5) is 14.6. The molecule has 3 nitrogen and oxygen atoms in total. The van der Waals surface area contributed by atoms with E-state index in [1.807, 2.05) is 31.3 Å². The van der Waals surface area contributed by atoms with Gasteiger partial charge in [0.05, 0.1) is 5.56 Å². The first-order chi connectivity index (χ1) is 10.3. The molecule has 1 aromatic heterocycles. The lowest BCUT2D eigenvalue weighted by molar-refractivity contribution is 0.0950. The molecule has 2 rings (SSSR count). The molecular weight excluding hydrogens is 300 g/mol. The second-order valence-electron chi connectivity index (χ2n) is 4.58. The standard InChI is InChI=1S/C16H20N2OS2/c1-17-9-5-10-18-16(19)14-7-2-3-8-15(14)21-12-13-6-4-11-20-13/h2-4,6-8,11,17H,5,9-10,12H2,1H3,(H,18,19). The van der Waals surface area contributed by atoms with E-state index in [-0.39, 0.29) is 5.91 Å². The van der Waals surface area contributed by atoms with Crippen molar-refractivity contribution in [2.24, 2.45) is 0 Å². The topological polar surface area (TPSA) is 41.1 Å². The summed E-state index contributed by atoms with van der Waals surface area (Å²) in [6.45, 7) is 1.61. The van der Waals surface area contributed by atoms with Crippen LogP contribution in [0.4, 0.5) is 0 Å². The number of thiophene rings is 1. The number of hydrogen-bond acceptors (Lipinski definition) is 4. The zero-order valence-corrected chi connectivity index (χ0v) is 13.7. The van der Waals surface area contributed by atoms with Gasteiger partial charge >= 0.3 is 0 Å². The molecule has 0 spiro atoms. The molecule has 5 heteroatoms. The molecule has 0 unspecified atom stereocenters. The second-order valence-corrected chi connectivity index (χ2v) is 6.63. The highest BCUT2D eigenvalue weighted by Gasteiger charge is 2.10. The fraction of sp³-hybridized carbons (Fsp3) is 0.312. The second kappa shape index (κ2) is 8.87. The Hall–Kier alpha value is -1.30. The summed E-state index contributed by atoms with van der Waals surface area (Å²) in [5.74, 6) is 0.919. The Kier molecular flexibility index (Phi) is 6.79. The molecule has 0 saturated heterocycles. The summed E-state index contributed by atoms with van der Waals surface area (Å²) in [5.41, 5.74) is 0.767. The van der Waals surface area contributed by atoms with Crippen LogP contribution >= 0.6 is 23.1 Å². The van der Waals surface area contributed by atoms with Gasteiger partial charge in [0.25, 0.3) is 5.91 Å². The van der Waals surface area contributed by atoms with Crippen LogP contribution in [0.2, 0.25) is 0 Å². The quantitative estimate of drug-likeness (QED) is 0.579. The van der Waals surface area contributed by atoms with Gasteiger partial charge < -0.3 is 10.6 Å². The van der Waals surface area contributed by atoms with Crippen molar-refractivity contribution in [1.29, 1.82) is 0 Å². The molecule has 0 aliphatic heterocycles. The van der Waals surface area contributed by atoms with Crippen molar-refractivity contribution < 1.29 is 4.79 Å². The minimum Gasteiger partial charge on any atom is -0.352 e. The minimum atomic E-state index is 0.0142. The van der Waals surface area contributed by atoms with Gasteiger partial charge in [-0.25, -0.2) is 0 Å². The van der Waals surface area contributed by atoms with Gasteiger partial charge in [0.2, 0.25) is 0 Å². The number of amides is 1. The lowest BCUT2D eigenvalue weighted by Gasteiger charge is -2.09. The van der Waals surface area contributed by atoms with Gasteiger partial charge in [-0.15, -0.1) is 23.1 Å². The van der Waals surface area contributed by atoms with Gasteiger partial charge in [-0.3, -0.25) is 4.79 Å². The van der Waals surface area contributed by atoms with Crippen molar-refractivity contribution in [2.45, 2.75) is 17.1 Å². The Bertz CT molecular complexity index is 555. The number of thioether (sulfide) groups is 1. The predicted molar refractivity (Wildman–Crippen MR) is 91.2 cm³/mol. The summed E-state index contributed by atoms with van der Waals surface area (Å²) in [5, 5.41) is 8.13. The number of carbonyl (C=O) groups excluding carboxylic acids is 1. The van der Waals surface area contributed by atoms with E-state index in [0.717, 1.165) is 29.2 Å². The Morgan fingerprint density at radius 2 is 2.05 bits per heavy atom. The first-order valence-electron chi connectivity index (χ1n) is 6.98. The van der Waals surface area contributed by atoms with Crippen LogP contribution < -0.4 is 10.6 Å². The molecule has 1 aromatic carbocycles. The fourth-order valence-electron chi connectivity index (χ4n) is 1.89. The van der Waals surface area contributed by atoms with Crippen molar-refractivity contribution in [3.05, 3.63) is 52.2 Å². The summed E-state index contributed by atoms with van der Waals surface area (Å²) in [6, 6.07) is 12.0. The van der Waals surface area contributed by atoms with E-state index in [0.29, 0.717) is 6.54 Å². The third-order valence-electron chi connectivity index (χ3n) is 2.97.